The lowest BCUT2D eigenvalue weighted by Crippen LogP contribution is -2.28. The molecule has 5 heteroatoms. The van der Waals surface area contributed by atoms with Crippen molar-refractivity contribution in [1.82, 2.24) is 4.57 Å². The molecule has 3 aromatic rings. The number of fused-ring (bicyclic) bond motifs is 1. The van der Waals surface area contributed by atoms with E-state index in [0.717, 1.165) is 34.5 Å². The number of rotatable bonds is 5. The van der Waals surface area contributed by atoms with E-state index in [-0.39, 0.29) is 17.2 Å². The normalized spacial score (nSPS) is 15.9. The van der Waals surface area contributed by atoms with Crippen molar-refractivity contribution in [2.45, 2.75) is 46.6 Å². The van der Waals surface area contributed by atoms with Crippen LogP contribution in [0.4, 0.5) is 5.69 Å². The molecule has 0 saturated carbocycles. The molecule has 1 aromatic heterocycles. The van der Waals surface area contributed by atoms with E-state index in [1.165, 1.54) is 0 Å². The summed E-state index contributed by atoms with van der Waals surface area (Å²) in [5.74, 6) is -0.300. The van der Waals surface area contributed by atoms with Gasteiger partial charge in [0.2, 0.25) is 0 Å². The van der Waals surface area contributed by atoms with Gasteiger partial charge in [0, 0.05) is 41.3 Å². The van der Waals surface area contributed by atoms with E-state index in [2.05, 4.69) is 19.2 Å². The van der Waals surface area contributed by atoms with Gasteiger partial charge in [-0.2, -0.15) is 0 Å². The molecule has 1 atom stereocenters. The number of ketones is 1. The third-order valence-electron chi connectivity index (χ3n) is 6.08. The number of hydrogen-bond acceptors (Lipinski definition) is 3. The van der Waals surface area contributed by atoms with Crippen LogP contribution in [0.15, 0.2) is 54.7 Å². The fraction of sp³-hybridized carbons (Fsp3) is 0.308. The Bertz CT molecular complexity index is 1160. The van der Waals surface area contributed by atoms with Crippen LogP contribution < -0.4 is 11.1 Å². The highest BCUT2D eigenvalue weighted by atomic mass is 16.1. The lowest BCUT2D eigenvalue weighted by Gasteiger charge is -2.30. The van der Waals surface area contributed by atoms with E-state index < -0.39 is 5.91 Å². The highest BCUT2D eigenvalue weighted by molar-refractivity contribution is 6.01. The van der Waals surface area contributed by atoms with Gasteiger partial charge in [-0.1, -0.05) is 44.2 Å². The quantitative estimate of drug-likeness (QED) is 0.600. The maximum atomic E-state index is 12.8. The van der Waals surface area contributed by atoms with Gasteiger partial charge in [0.1, 0.15) is 0 Å². The number of aromatic nitrogens is 1. The largest absolute Gasteiger partial charge is 0.378 e. The molecule has 0 aliphatic heterocycles. The number of nitrogens with one attached hydrogen (secondary N) is 1. The summed E-state index contributed by atoms with van der Waals surface area (Å²) in [7, 11) is 0. The number of Topliss-reactive ketones (excluding diaryl/α,β-unsaturated/α-hetero) is 1. The first-order chi connectivity index (χ1) is 14.7. The van der Waals surface area contributed by atoms with Gasteiger partial charge >= 0.3 is 0 Å². The standard InChI is InChI=1S/C26H29N3O2/c1-16-15-29(22-13-26(3,4)14-23(30)24(16)22)19-10-11-21(20(12-19)25(27)31)28-17(2)18-8-6-5-7-9-18/h5-12,15,17,28H,13-14H2,1-4H3,(H2,27,31)/t17-/m1/s1. The van der Waals surface area contributed by atoms with Crippen LogP contribution in [-0.2, 0) is 6.42 Å². The van der Waals surface area contributed by atoms with Gasteiger partial charge in [0.15, 0.2) is 5.78 Å². The number of carbonyl (C=O) groups excluding carboxylic acids is 2. The Morgan fingerprint density at radius 2 is 1.84 bits per heavy atom. The summed E-state index contributed by atoms with van der Waals surface area (Å²) in [4.78, 5) is 25.0. The topological polar surface area (TPSA) is 77.1 Å². The maximum absolute atomic E-state index is 12.8. The molecule has 1 heterocycles. The molecule has 5 nitrogen and oxygen atoms in total. The van der Waals surface area contributed by atoms with Crippen molar-refractivity contribution in [3.8, 4) is 5.69 Å². The number of nitrogens with two attached hydrogens (primary N) is 1. The van der Waals surface area contributed by atoms with Crippen LogP contribution in [0.25, 0.3) is 5.69 Å². The van der Waals surface area contributed by atoms with Crippen molar-refractivity contribution in [1.29, 1.82) is 0 Å². The van der Waals surface area contributed by atoms with Crippen LogP contribution >= 0.6 is 0 Å². The van der Waals surface area contributed by atoms with Gasteiger partial charge in [0.25, 0.3) is 5.91 Å². The van der Waals surface area contributed by atoms with E-state index in [9.17, 15) is 9.59 Å². The lowest BCUT2D eigenvalue weighted by molar-refractivity contribution is 0.0909. The Hall–Kier alpha value is -3.34. The number of aryl methyl sites for hydroxylation is 1. The molecule has 0 radical (unpaired) electrons. The Labute approximate surface area is 183 Å². The molecular formula is C26H29N3O2. The van der Waals surface area contributed by atoms with Gasteiger partial charge < -0.3 is 15.6 Å². The molecule has 0 fully saturated rings. The zero-order valence-electron chi connectivity index (χ0n) is 18.5. The van der Waals surface area contributed by atoms with Crippen LogP contribution in [0.5, 0.6) is 0 Å². The van der Waals surface area contributed by atoms with E-state index in [4.69, 9.17) is 5.73 Å². The van der Waals surface area contributed by atoms with Crippen LogP contribution in [-0.4, -0.2) is 16.3 Å². The number of amides is 1. The second-order valence-corrected chi connectivity index (χ2v) is 9.32. The van der Waals surface area contributed by atoms with E-state index in [0.29, 0.717) is 17.7 Å². The summed E-state index contributed by atoms with van der Waals surface area (Å²) in [6.07, 6.45) is 3.35. The Morgan fingerprint density at radius 1 is 1.13 bits per heavy atom. The van der Waals surface area contributed by atoms with Gasteiger partial charge in [-0.05, 0) is 55.0 Å². The minimum atomic E-state index is -0.487. The molecule has 0 saturated heterocycles. The van der Waals surface area contributed by atoms with Gasteiger partial charge in [-0.25, -0.2) is 0 Å². The van der Waals surface area contributed by atoms with Crippen LogP contribution in [0.1, 0.15) is 70.8 Å². The Balaban J connectivity index is 1.74. The van der Waals surface area contributed by atoms with Crippen molar-refractivity contribution in [2.75, 3.05) is 5.32 Å². The number of anilines is 1. The fourth-order valence-corrected chi connectivity index (χ4v) is 4.58. The van der Waals surface area contributed by atoms with Crippen LogP contribution in [0.2, 0.25) is 0 Å². The van der Waals surface area contributed by atoms with Crippen molar-refractivity contribution < 1.29 is 9.59 Å². The summed E-state index contributed by atoms with van der Waals surface area (Å²) < 4.78 is 2.04. The number of carbonyl (C=O) groups is 2. The third kappa shape index (κ3) is 4.00. The molecule has 31 heavy (non-hydrogen) atoms. The minimum absolute atomic E-state index is 0.0187. The highest BCUT2D eigenvalue weighted by Gasteiger charge is 2.34. The van der Waals surface area contributed by atoms with E-state index in [1.54, 1.807) is 0 Å². The van der Waals surface area contributed by atoms with Crippen LogP contribution in [0, 0.1) is 12.3 Å². The molecule has 2 aromatic carbocycles. The molecule has 0 bridgehead atoms. The number of nitrogens with zero attached hydrogens (tertiary/aromatic N) is 1. The molecule has 3 N–H and O–H groups in total. The average Bonchev–Trinajstić information content (AvgIpc) is 3.04. The first kappa shape index (κ1) is 20.9. The van der Waals surface area contributed by atoms with Crippen molar-refractivity contribution in [3.05, 3.63) is 82.7 Å². The summed E-state index contributed by atoms with van der Waals surface area (Å²) in [6, 6.07) is 15.8. The molecule has 0 spiro atoms. The van der Waals surface area contributed by atoms with Gasteiger partial charge in [-0.3, -0.25) is 9.59 Å². The second kappa shape index (κ2) is 7.73. The average molecular weight is 416 g/mol. The molecule has 1 amide bonds. The molecule has 1 aliphatic rings. The predicted molar refractivity (Wildman–Crippen MR) is 124 cm³/mol. The number of benzene rings is 2. The van der Waals surface area contributed by atoms with Crippen molar-refractivity contribution in [2.24, 2.45) is 11.1 Å². The minimum Gasteiger partial charge on any atom is -0.378 e. The summed E-state index contributed by atoms with van der Waals surface area (Å²) >= 11 is 0. The van der Waals surface area contributed by atoms with Crippen LogP contribution in [0.3, 0.4) is 0 Å². The van der Waals surface area contributed by atoms with E-state index in [1.807, 2.05) is 73.1 Å². The zero-order chi connectivity index (χ0) is 22.3. The first-order valence-corrected chi connectivity index (χ1v) is 10.7. The smallest absolute Gasteiger partial charge is 0.250 e. The second-order valence-electron chi connectivity index (χ2n) is 9.32. The summed E-state index contributed by atoms with van der Waals surface area (Å²) in [5.41, 5.74) is 11.5. The van der Waals surface area contributed by atoms with E-state index >= 15 is 0 Å². The molecule has 0 unspecified atom stereocenters. The van der Waals surface area contributed by atoms with Gasteiger partial charge in [0.05, 0.1) is 5.56 Å². The molecule has 4 rings (SSSR count). The maximum Gasteiger partial charge on any atom is 0.250 e. The number of primary amides is 1. The Kier molecular flexibility index (Phi) is 5.21. The van der Waals surface area contributed by atoms with Crippen molar-refractivity contribution in [3.63, 3.8) is 0 Å². The number of hydrogen-bond donors (Lipinski definition) is 2. The fourth-order valence-electron chi connectivity index (χ4n) is 4.58. The molecular weight excluding hydrogens is 386 g/mol. The Morgan fingerprint density at radius 3 is 2.52 bits per heavy atom. The highest BCUT2D eigenvalue weighted by Crippen LogP contribution is 2.38. The van der Waals surface area contributed by atoms with Gasteiger partial charge in [-0.15, -0.1) is 0 Å². The molecule has 160 valence electrons. The first-order valence-electron chi connectivity index (χ1n) is 10.7. The SMILES string of the molecule is Cc1cn(-c2ccc(N[C@H](C)c3ccccc3)c(C(N)=O)c2)c2c1C(=O)CC(C)(C)C2. The summed E-state index contributed by atoms with van der Waals surface area (Å²) in [5, 5.41) is 3.41. The molecule has 1 aliphatic carbocycles. The lowest BCUT2D eigenvalue weighted by atomic mass is 9.75. The predicted octanol–water partition coefficient (Wildman–Crippen LogP) is 5.21. The third-order valence-corrected chi connectivity index (χ3v) is 6.08. The van der Waals surface area contributed by atoms with Crippen molar-refractivity contribution >= 4 is 17.4 Å². The summed E-state index contributed by atoms with van der Waals surface area (Å²) in [6.45, 7) is 8.26. The zero-order valence-corrected chi connectivity index (χ0v) is 18.5. The monoisotopic (exact) mass is 415 g/mol.